The maximum atomic E-state index is 12.9. The van der Waals surface area contributed by atoms with E-state index in [0.29, 0.717) is 21.2 Å². The SMILES string of the molecule is CCCCCCCCCCCC(=O)S[C@H]1CC[C@@]2(C)C(=CC[C@H]3[C@H]4CC[C@H](CCCCCCCC)[C@@]4(C)CC[C@@H]32)C1. The molecule has 3 saturated carbocycles. The Labute approximate surface area is 260 Å². The van der Waals surface area contributed by atoms with Crippen molar-refractivity contribution in [2.75, 3.05) is 0 Å². The average molecular weight is 585 g/mol. The summed E-state index contributed by atoms with van der Waals surface area (Å²) in [6.07, 6.45) is 36.7. The summed E-state index contributed by atoms with van der Waals surface area (Å²) in [5.41, 5.74) is 2.78. The summed E-state index contributed by atoms with van der Waals surface area (Å²) >= 11 is 1.73. The molecule has 0 amide bonds. The molecule has 3 fully saturated rings. The third kappa shape index (κ3) is 8.69. The number of carbonyl (C=O) groups excluding carboxylic acids is 1. The Balaban J connectivity index is 1.20. The molecule has 1 nitrogen and oxygen atoms in total. The van der Waals surface area contributed by atoms with E-state index in [2.05, 4.69) is 33.8 Å². The molecule has 0 bridgehead atoms. The first-order valence-corrected chi connectivity index (χ1v) is 19.7. The summed E-state index contributed by atoms with van der Waals surface area (Å²) < 4.78 is 0. The molecule has 4 rings (SSSR count). The number of fused-ring (bicyclic) bond motifs is 5. The molecule has 0 unspecified atom stereocenters. The van der Waals surface area contributed by atoms with Gasteiger partial charge in [0.05, 0.1) is 0 Å². The van der Waals surface area contributed by atoms with Crippen LogP contribution in [0.2, 0.25) is 0 Å². The number of hydrogen-bond acceptors (Lipinski definition) is 2. The van der Waals surface area contributed by atoms with E-state index in [9.17, 15) is 4.79 Å². The molecule has 0 spiro atoms. The fourth-order valence-corrected chi connectivity index (χ4v) is 11.4. The molecule has 0 radical (unpaired) electrons. The van der Waals surface area contributed by atoms with Gasteiger partial charge in [-0.25, -0.2) is 0 Å². The van der Waals surface area contributed by atoms with Crippen LogP contribution in [-0.4, -0.2) is 10.4 Å². The predicted molar refractivity (Wildman–Crippen MR) is 181 cm³/mol. The van der Waals surface area contributed by atoms with Crippen LogP contribution in [0.3, 0.4) is 0 Å². The quantitative estimate of drug-likeness (QED) is 0.118. The molecule has 0 aliphatic heterocycles. The van der Waals surface area contributed by atoms with Crippen LogP contribution in [-0.2, 0) is 4.79 Å². The Morgan fingerprint density at radius 2 is 1.39 bits per heavy atom. The first-order chi connectivity index (χ1) is 19.9. The van der Waals surface area contributed by atoms with Crippen molar-refractivity contribution in [1.82, 2.24) is 0 Å². The van der Waals surface area contributed by atoms with Crippen LogP contribution in [0.25, 0.3) is 0 Å². The first-order valence-electron chi connectivity index (χ1n) is 18.8. The molecule has 0 N–H and O–H groups in total. The maximum Gasteiger partial charge on any atom is 0.189 e. The van der Waals surface area contributed by atoms with Gasteiger partial charge in [0.1, 0.15) is 0 Å². The highest BCUT2D eigenvalue weighted by molar-refractivity contribution is 8.14. The Morgan fingerprint density at radius 3 is 2.07 bits per heavy atom. The summed E-state index contributed by atoms with van der Waals surface area (Å²) in [7, 11) is 0. The highest BCUT2D eigenvalue weighted by Gasteiger charge is 2.58. The second-order valence-electron chi connectivity index (χ2n) is 15.6. The smallest absolute Gasteiger partial charge is 0.189 e. The van der Waals surface area contributed by atoms with Crippen molar-refractivity contribution in [1.29, 1.82) is 0 Å². The number of carbonyl (C=O) groups is 1. The number of unbranched alkanes of at least 4 members (excludes halogenated alkanes) is 13. The summed E-state index contributed by atoms with van der Waals surface area (Å²) in [4.78, 5) is 12.9. The second-order valence-corrected chi connectivity index (χ2v) is 16.9. The van der Waals surface area contributed by atoms with Gasteiger partial charge < -0.3 is 0 Å². The van der Waals surface area contributed by atoms with Crippen molar-refractivity contribution in [2.45, 2.75) is 193 Å². The van der Waals surface area contributed by atoms with Crippen LogP contribution >= 0.6 is 11.8 Å². The van der Waals surface area contributed by atoms with E-state index < -0.39 is 0 Å². The molecule has 0 aromatic heterocycles. The van der Waals surface area contributed by atoms with Crippen LogP contribution in [0.15, 0.2) is 11.6 Å². The van der Waals surface area contributed by atoms with Crippen LogP contribution in [0.4, 0.5) is 0 Å². The summed E-state index contributed by atoms with van der Waals surface area (Å²) in [5, 5.41) is 1.02. The number of rotatable bonds is 18. The molecule has 0 heterocycles. The van der Waals surface area contributed by atoms with Gasteiger partial charge in [0.15, 0.2) is 5.12 Å². The second kappa shape index (κ2) is 16.7. The molecule has 2 heteroatoms. The van der Waals surface area contributed by atoms with Gasteiger partial charge >= 0.3 is 0 Å². The number of thioether (sulfide) groups is 1. The minimum absolute atomic E-state index is 0.416. The van der Waals surface area contributed by atoms with Crippen molar-refractivity contribution >= 4 is 16.9 Å². The third-order valence-corrected chi connectivity index (χ3v) is 14.1. The van der Waals surface area contributed by atoms with E-state index in [-0.39, 0.29) is 0 Å². The maximum absolute atomic E-state index is 12.9. The lowest BCUT2D eigenvalue weighted by Gasteiger charge is -2.58. The fraction of sp³-hybridized carbons (Fsp3) is 0.923. The van der Waals surface area contributed by atoms with Crippen molar-refractivity contribution in [2.24, 2.45) is 34.5 Å². The Kier molecular flexibility index (Phi) is 13.7. The molecule has 4 aliphatic carbocycles. The van der Waals surface area contributed by atoms with Crippen molar-refractivity contribution in [3.63, 3.8) is 0 Å². The molecule has 7 atom stereocenters. The minimum atomic E-state index is 0.416. The molecular formula is C39H68OS. The monoisotopic (exact) mass is 584 g/mol. The van der Waals surface area contributed by atoms with Gasteiger partial charge in [-0.2, -0.15) is 0 Å². The van der Waals surface area contributed by atoms with E-state index in [1.165, 1.54) is 148 Å². The zero-order valence-electron chi connectivity index (χ0n) is 28.0. The molecule has 4 aliphatic rings. The van der Waals surface area contributed by atoms with Gasteiger partial charge in [-0.3, -0.25) is 4.79 Å². The molecule has 0 aromatic rings. The summed E-state index contributed by atoms with van der Waals surface area (Å²) in [6, 6.07) is 0. The normalized spacial score (nSPS) is 34.5. The van der Waals surface area contributed by atoms with Gasteiger partial charge in [-0.15, -0.1) is 0 Å². The Morgan fingerprint density at radius 1 is 0.756 bits per heavy atom. The first kappa shape index (κ1) is 33.6. The van der Waals surface area contributed by atoms with Crippen LogP contribution in [0, 0.1) is 34.5 Å². The van der Waals surface area contributed by atoms with E-state index in [0.717, 1.165) is 36.5 Å². The third-order valence-electron chi connectivity index (χ3n) is 12.9. The summed E-state index contributed by atoms with van der Waals surface area (Å²) in [5.74, 6) is 3.78. The van der Waals surface area contributed by atoms with Gasteiger partial charge in [0.25, 0.3) is 0 Å². The van der Waals surface area contributed by atoms with E-state index in [1.807, 2.05) is 0 Å². The largest absolute Gasteiger partial charge is 0.287 e. The van der Waals surface area contributed by atoms with Crippen molar-refractivity contribution in [3.8, 4) is 0 Å². The number of hydrogen-bond donors (Lipinski definition) is 0. The lowest BCUT2D eigenvalue weighted by Crippen LogP contribution is -2.50. The van der Waals surface area contributed by atoms with Crippen LogP contribution in [0.5, 0.6) is 0 Å². The molecular weight excluding hydrogens is 516 g/mol. The minimum Gasteiger partial charge on any atom is -0.287 e. The lowest BCUT2D eigenvalue weighted by molar-refractivity contribution is -0.111. The van der Waals surface area contributed by atoms with Crippen molar-refractivity contribution < 1.29 is 4.79 Å². The van der Waals surface area contributed by atoms with Gasteiger partial charge in [0, 0.05) is 11.7 Å². The summed E-state index contributed by atoms with van der Waals surface area (Å²) in [6.45, 7) is 9.98. The molecule has 0 aromatic carbocycles. The molecule has 41 heavy (non-hydrogen) atoms. The fourth-order valence-electron chi connectivity index (χ4n) is 10.3. The molecule has 236 valence electrons. The van der Waals surface area contributed by atoms with Crippen molar-refractivity contribution in [3.05, 3.63) is 11.6 Å². The highest BCUT2D eigenvalue weighted by atomic mass is 32.2. The number of allylic oxidation sites excluding steroid dienone is 2. The van der Waals surface area contributed by atoms with E-state index in [4.69, 9.17) is 0 Å². The average Bonchev–Trinajstić information content (AvgIpc) is 3.30. The van der Waals surface area contributed by atoms with Gasteiger partial charge in [0.2, 0.25) is 0 Å². The lowest BCUT2D eigenvalue weighted by atomic mass is 9.47. The zero-order chi connectivity index (χ0) is 29.1. The van der Waals surface area contributed by atoms with Gasteiger partial charge in [-0.1, -0.05) is 141 Å². The van der Waals surface area contributed by atoms with Gasteiger partial charge in [-0.05, 0) is 98.7 Å². The topological polar surface area (TPSA) is 17.1 Å². The van der Waals surface area contributed by atoms with E-state index in [1.54, 1.807) is 17.3 Å². The highest BCUT2D eigenvalue weighted by Crippen LogP contribution is 2.67. The van der Waals surface area contributed by atoms with E-state index >= 15 is 0 Å². The van der Waals surface area contributed by atoms with Crippen LogP contribution < -0.4 is 0 Å². The zero-order valence-corrected chi connectivity index (χ0v) is 28.8. The Hall–Kier alpha value is -0.240. The Bertz CT molecular complexity index is 816. The van der Waals surface area contributed by atoms with Crippen LogP contribution in [0.1, 0.15) is 188 Å². The molecule has 0 saturated heterocycles. The predicted octanol–water partition coefficient (Wildman–Crippen LogP) is 12.9. The standard InChI is InChI=1S/C39H68OS/c1-5-7-9-11-13-14-15-17-19-21-37(40)41-33-26-28-39(4)32(30-33)22-24-34-35-25-23-31(20-18-16-12-10-8-6-2)38(35,3)29-27-36(34)39/h22,31,33-36H,5-21,23-30H2,1-4H3/t31-,33-,34-,35+,36-,38+,39-/m0/s1.